The van der Waals surface area contributed by atoms with Crippen LogP contribution in [0.5, 0.6) is 0 Å². The lowest BCUT2D eigenvalue weighted by Crippen LogP contribution is -2.34. The molecule has 0 aromatic carbocycles. The third-order valence-corrected chi connectivity index (χ3v) is 4.41. The molecule has 0 radical (unpaired) electrons. The molecule has 3 rings (SSSR count). The Bertz CT molecular complexity index is 541. The summed E-state index contributed by atoms with van der Waals surface area (Å²) in [5.41, 5.74) is 7.25. The lowest BCUT2D eigenvalue weighted by atomic mass is 9.85. The van der Waals surface area contributed by atoms with Gasteiger partial charge in [-0.15, -0.1) is 0 Å². The molecule has 17 heavy (non-hydrogen) atoms. The molecule has 1 fully saturated rings. The molecule has 1 aliphatic carbocycles. The van der Waals surface area contributed by atoms with Crippen molar-refractivity contribution in [2.45, 2.75) is 31.1 Å². The largest absolute Gasteiger partial charge is 0.329 e. The van der Waals surface area contributed by atoms with Gasteiger partial charge in [0.15, 0.2) is 0 Å². The van der Waals surface area contributed by atoms with Crippen molar-refractivity contribution in [3.05, 3.63) is 34.8 Å². The Hall–Kier alpha value is -0.870. The minimum Gasteiger partial charge on any atom is -0.329 e. The molecule has 2 aromatic rings. The summed E-state index contributed by atoms with van der Waals surface area (Å²) in [7, 11) is 0. The van der Waals surface area contributed by atoms with Gasteiger partial charge in [-0.1, -0.05) is 28.8 Å². The van der Waals surface area contributed by atoms with Gasteiger partial charge < -0.3 is 10.1 Å². The van der Waals surface area contributed by atoms with Crippen LogP contribution in [0.15, 0.2) is 29.0 Å². The lowest BCUT2D eigenvalue weighted by Gasteiger charge is -2.25. The first kappa shape index (κ1) is 11.2. The van der Waals surface area contributed by atoms with Gasteiger partial charge in [-0.05, 0) is 25.0 Å². The minimum atomic E-state index is 0.0975. The number of pyridine rings is 1. The van der Waals surface area contributed by atoms with Gasteiger partial charge in [0.25, 0.3) is 0 Å². The molecule has 4 heteroatoms. The molecule has 0 aliphatic heterocycles. The first-order valence-corrected chi connectivity index (χ1v) is 6.88. The average Bonchev–Trinajstić information content (AvgIpc) is 2.94. The summed E-state index contributed by atoms with van der Waals surface area (Å²) in [5.74, 6) is 1.14. The fourth-order valence-electron chi connectivity index (χ4n) is 2.94. The Labute approximate surface area is 109 Å². The number of halogens is 1. The zero-order valence-electron chi connectivity index (χ0n) is 9.69. The molecule has 2 N–H and O–H groups in total. The van der Waals surface area contributed by atoms with E-state index in [1.807, 2.05) is 6.20 Å². The van der Waals surface area contributed by atoms with E-state index in [0.29, 0.717) is 6.54 Å². The Balaban J connectivity index is 2.17. The first-order valence-electron chi connectivity index (χ1n) is 6.08. The molecule has 1 aliphatic rings. The quantitative estimate of drug-likeness (QED) is 0.925. The third kappa shape index (κ3) is 1.70. The van der Waals surface area contributed by atoms with Crippen molar-refractivity contribution in [1.29, 1.82) is 0 Å². The fraction of sp³-hybridized carbons (Fsp3) is 0.462. The summed E-state index contributed by atoms with van der Waals surface area (Å²) in [6, 6.07) is 4.15. The summed E-state index contributed by atoms with van der Waals surface area (Å²) in [5, 5.41) is 0. The van der Waals surface area contributed by atoms with E-state index in [1.54, 1.807) is 0 Å². The predicted molar refractivity (Wildman–Crippen MR) is 72.1 cm³/mol. The standard InChI is InChI=1S/C13H16BrN3/c14-10-3-6-17-11(7-10)8-16-12(17)13(9-15)4-1-2-5-13/h3,6-8H,1-2,4-5,9,15H2. The molecular formula is C13H16BrN3. The zero-order chi connectivity index (χ0) is 11.9. The smallest absolute Gasteiger partial charge is 0.120 e. The van der Waals surface area contributed by atoms with E-state index in [4.69, 9.17) is 5.73 Å². The normalized spacial score (nSPS) is 18.9. The van der Waals surface area contributed by atoms with Gasteiger partial charge in [0, 0.05) is 22.6 Å². The molecule has 0 atom stereocenters. The van der Waals surface area contributed by atoms with Crippen LogP contribution in [0.2, 0.25) is 0 Å². The molecule has 0 spiro atoms. The summed E-state index contributed by atoms with van der Waals surface area (Å²) in [6.07, 6.45) is 8.88. The van der Waals surface area contributed by atoms with E-state index >= 15 is 0 Å². The fourth-order valence-corrected chi connectivity index (χ4v) is 3.29. The molecule has 2 aromatic heterocycles. The van der Waals surface area contributed by atoms with Gasteiger partial charge in [0.1, 0.15) is 5.82 Å². The van der Waals surface area contributed by atoms with Crippen molar-refractivity contribution in [2.75, 3.05) is 6.54 Å². The van der Waals surface area contributed by atoms with Gasteiger partial charge in [-0.2, -0.15) is 0 Å². The summed E-state index contributed by atoms with van der Waals surface area (Å²) < 4.78 is 3.27. The summed E-state index contributed by atoms with van der Waals surface area (Å²) in [4.78, 5) is 4.62. The van der Waals surface area contributed by atoms with Gasteiger partial charge in [0.05, 0.1) is 11.7 Å². The molecule has 90 valence electrons. The number of nitrogens with two attached hydrogens (primary N) is 1. The highest BCUT2D eigenvalue weighted by Gasteiger charge is 2.37. The summed E-state index contributed by atoms with van der Waals surface area (Å²) in [6.45, 7) is 0.697. The molecular weight excluding hydrogens is 278 g/mol. The van der Waals surface area contributed by atoms with Crippen LogP contribution in [0, 0.1) is 0 Å². The Morgan fingerprint density at radius 3 is 2.88 bits per heavy atom. The number of nitrogens with zero attached hydrogens (tertiary/aromatic N) is 2. The maximum absolute atomic E-state index is 6.02. The second-order valence-electron chi connectivity index (χ2n) is 4.91. The van der Waals surface area contributed by atoms with Gasteiger partial charge in [-0.3, -0.25) is 0 Å². The number of imidazole rings is 1. The SMILES string of the molecule is NCC1(c2ncc3cc(Br)ccn23)CCCC1. The van der Waals surface area contributed by atoms with Crippen molar-refractivity contribution >= 4 is 21.4 Å². The predicted octanol–water partition coefficient (Wildman–Crippen LogP) is 2.87. The van der Waals surface area contributed by atoms with Gasteiger partial charge in [0.2, 0.25) is 0 Å². The first-order chi connectivity index (χ1) is 8.25. The third-order valence-electron chi connectivity index (χ3n) is 3.92. The maximum Gasteiger partial charge on any atom is 0.120 e. The van der Waals surface area contributed by atoms with E-state index in [1.165, 1.54) is 25.7 Å². The molecule has 0 bridgehead atoms. The molecule has 0 saturated heterocycles. The highest BCUT2D eigenvalue weighted by atomic mass is 79.9. The van der Waals surface area contributed by atoms with E-state index in [-0.39, 0.29) is 5.41 Å². The van der Waals surface area contributed by atoms with Crippen molar-refractivity contribution in [3.8, 4) is 0 Å². The Kier molecular flexibility index (Phi) is 2.71. The van der Waals surface area contributed by atoms with Crippen molar-refractivity contribution in [1.82, 2.24) is 9.38 Å². The van der Waals surface area contributed by atoms with E-state index in [2.05, 4.69) is 43.6 Å². The van der Waals surface area contributed by atoms with Gasteiger partial charge >= 0.3 is 0 Å². The van der Waals surface area contributed by atoms with Crippen LogP contribution in [-0.4, -0.2) is 15.9 Å². The summed E-state index contributed by atoms with van der Waals surface area (Å²) >= 11 is 3.49. The van der Waals surface area contributed by atoms with Crippen LogP contribution in [0.3, 0.4) is 0 Å². The number of hydrogen-bond donors (Lipinski definition) is 1. The number of aromatic nitrogens is 2. The lowest BCUT2D eigenvalue weighted by molar-refractivity contribution is 0.423. The van der Waals surface area contributed by atoms with E-state index < -0.39 is 0 Å². The van der Waals surface area contributed by atoms with Crippen LogP contribution >= 0.6 is 15.9 Å². The molecule has 3 nitrogen and oxygen atoms in total. The van der Waals surface area contributed by atoms with Crippen LogP contribution in [0.25, 0.3) is 5.52 Å². The second-order valence-corrected chi connectivity index (χ2v) is 5.83. The monoisotopic (exact) mass is 293 g/mol. The molecule has 0 amide bonds. The van der Waals surface area contributed by atoms with Crippen molar-refractivity contribution in [2.24, 2.45) is 5.73 Å². The van der Waals surface area contributed by atoms with Gasteiger partial charge in [-0.25, -0.2) is 4.98 Å². The highest BCUT2D eigenvalue weighted by molar-refractivity contribution is 9.10. The number of fused-ring (bicyclic) bond motifs is 1. The molecule has 0 unspecified atom stereocenters. The van der Waals surface area contributed by atoms with Crippen molar-refractivity contribution < 1.29 is 0 Å². The number of rotatable bonds is 2. The molecule has 1 saturated carbocycles. The van der Waals surface area contributed by atoms with Crippen LogP contribution in [0.1, 0.15) is 31.5 Å². The Morgan fingerprint density at radius 2 is 2.18 bits per heavy atom. The Morgan fingerprint density at radius 1 is 1.41 bits per heavy atom. The number of hydrogen-bond acceptors (Lipinski definition) is 2. The maximum atomic E-state index is 6.02. The zero-order valence-corrected chi connectivity index (χ0v) is 11.3. The van der Waals surface area contributed by atoms with Crippen molar-refractivity contribution in [3.63, 3.8) is 0 Å². The van der Waals surface area contributed by atoms with E-state index in [9.17, 15) is 0 Å². The van der Waals surface area contributed by atoms with Crippen LogP contribution in [0.4, 0.5) is 0 Å². The van der Waals surface area contributed by atoms with E-state index in [0.717, 1.165) is 15.8 Å². The van der Waals surface area contributed by atoms with Crippen LogP contribution in [-0.2, 0) is 5.41 Å². The van der Waals surface area contributed by atoms with Crippen LogP contribution < -0.4 is 5.73 Å². The topological polar surface area (TPSA) is 43.3 Å². The molecule has 2 heterocycles. The second kappa shape index (κ2) is 4.10. The minimum absolute atomic E-state index is 0.0975. The highest BCUT2D eigenvalue weighted by Crippen LogP contribution is 2.39. The average molecular weight is 294 g/mol.